The second-order valence-electron chi connectivity index (χ2n) is 16.3. The fraction of sp³-hybridized carbons (Fsp3) is 0.280. The third-order valence-corrected chi connectivity index (χ3v) is 9.14. The number of esters is 2. The molecule has 2 aromatic heterocycles. The number of hydrogen-bond donors (Lipinski definition) is 2. The van der Waals surface area contributed by atoms with E-state index in [0.29, 0.717) is 37.6 Å². The van der Waals surface area contributed by atoms with Crippen LogP contribution >= 0.6 is 11.6 Å². The first-order chi connectivity index (χ1) is 29.2. The highest BCUT2D eigenvalue weighted by atomic mass is 35.5. The number of carbonyl (C=O) groups is 2. The van der Waals surface area contributed by atoms with E-state index < -0.39 is 23.1 Å². The second-order valence-corrected chi connectivity index (χ2v) is 16.6. The number of nitrogens with two attached hydrogens (primary N) is 1. The number of hydrazine groups is 1. The van der Waals surface area contributed by atoms with Crippen molar-refractivity contribution in [2.75, 3.05) is 5.43 Å². The maximum Gasteiger partial charge on any atom is 0.346 e. The van der Waals surface area contributed by atoms with Gasteiger partial charge in [-0.05, 0) is 89.5 Å². The molecule has 0 saturated carbocycles. The third kappa shape index (κ3) is 15.1. The second kappa shape index (κ2) is 21.9. The first-order valence-electron chi connectivity index (χ1n) is 20.3. The lowest BCUT2D eigenvalue weighted by atomic mass is 10.1. The van der Waals surface area contributed by atoms with Crippen LogP contribution in [0.15, 0.2) is 133 Å². The van der Waals surface area contributed by atoms with Crippen LogP contribution in [-0.2, 0) is 48.4 Å². The van der Waals surface area contributed by atoms with Crippen molar-refractivity contribution in [3.63, 3.8) is 0 Å². The lowest BCUT2D eigenvalue weighted by Gasteiger charge is -2.22. The van der Waals surface area contributed by atoms with E-state index in [1.54, 1.807) is 12.1 Å². The SMILES string of the molecule is CC(C)(C)OC(=O)c1c(OCc2ccccc2)cc(CCc2ccccc2)nc1Cl.CC(C)(C)OC(=O)c1c(OCc2ccccc2)cc(CCc2ccccc2)nc1NN. The minimum absolute atomic E-state index is 0.0953. The van der Waals surface area contributed by atoms with Gasteiger partial charge < -0.3 is 24.4 Å². The number of rotatable bonds is 15. The molecule has 0 bridgehead atoms. The summed E-state index contributed by atoms with van der Waals surface area (Å²) in [7, 11) is 0. The van der Waals surface area contributed by atoms with Gasteiger partial charge in [-0.25, -0.2) is 25.4 Å². The normalized spacial score (nSPS) is 11.1. The summed E-state index contributed by atoms with van der Waals surface area (Å²) < 4.78 is 23.2. The van der Waals surface area contributed by atoms with Crippen molar-refractivity contribution >= 4 is 29.4 Å². The first-order valence-corrected chi connectivity index (χ1v) is 20.6. The Kier molecular flexibility index (Phi) is 16.4. The summed E-state index contributed by atoms with van der Waals surface area (Å²) in [6.07, 6.45) is 2.98. The average Bonchev–Trinajstić information content (AvgIpc) is 3.23. The van der Waals surface area contributed by atoms with Crippen LogP contribution in [0.2, 0.25) is 5.15 Å². The molecule has 2 heterocycles. The van der Waals surface area contributed by atoms with Crippen molar-refractivity contribution in [1.29, 1.82) is 0 Å². The molecule has 0 unspecified atom stereocenters. The van der Waals surface area contributed by atoms with Crippen LogP contribution in [0.1, 0.15) is 95.9 Å². The van der Waals surface area contributed by atoms with E-state index in [4.69, 9.17) is 36.4 Å². The number of pyridine rings is 2. The van der Waals surface area contributed by atoms with Gasteiger partial charge in [-0.15, -0.1) is 0 Å². The maximum absolute atomic E-state index is 12.9. The Bertz CT molecular complexity index is 2320. The molecule has 0 amide bonds. The highest BCUT2D eigenvalue weighted by molar-refractivity contribution is 6.32. The standard InChI is InChI=1S/C25H26ClNO3.C25H29N3O3/c1-25(2,3)30-24(28)22-21(29-17-19-12-8-5-9-13-19)16-20(27-23(22)26)15-14-18-10-6-4-7-11-18;1-25(2,3)31-24(29)22-21(30-17-19-12-8-5-9-13-19)16-20(27-23(22)28-26)15-14-18-10-6-4-7-11-18/h4-13,16H,14-15,17H2,1-3H3;4-13,16H,14-15,17,26H2,1-3H3,(H,27,28). The van der Waals surface area contributed by atoms with E-state index >= 15 is 0 Å². The largest absolute Gasteiger partial charge is 0.488 e. The van der Waals surface area contributed by atoms with E-state index in [9.17, 15) is 9.59 Å². The van der Waals surface area contributed by atoms with Crippen LogP contribution in [0.5, 0.6) is 11.5 Å². The smallest absolute Gasteiger partial charge is 0.346 e. The van der Waals surface area contributed by atoms with Gasteiger partial charge in [-0.3, -0.25) is 0 Å². The summed E-state index contributed by atoms with van der Waals surface area (Å²) in [5.41, 5.74) is 7.51. The van der Waals surface area contributed by atoms with Gasteiger partial charge in [-0.2, -0.15) is 0 Å². The number of nitrogens with zero attached hydrogens (tertiary/aromatic N) is 2. The summed E-state index contributed by atoms with van der Waals surface area (Å²) >= 11 is 6.43. The molecule has 4 aromatic carbocycles. The zero-order chi connectivity index (χ0) is 43.8. The molecule has 0 aliphatic rings. The van der Waals surface area contributed by atoms with Crippen LogP contribution in [-0.4, -0.2) is 33.1 Å². The average molecular weight is 843 g/mol. The van der Waals surface area contributed by atoms with Gasteiger partial charge >= 0.3 is 11.9 Å². The predicted molar refractivity (Wildman–Crippen MR) is 241 cm³/mol. The molecule has 6 aromatic rings. The Labute approximate surface area is 364 Å². The van der Waals surface area contributed by atoms with E-state index in [1.807, 2.05) is 139 Å². The molecular formula is C50H55ClN4O6. The molecular weight excluding hydrogens is 788 g/mol. The molecule has 61 heavy (non-hydrogen) atoms. The number of nitrogen functional groups attached to an aromatic ring is 1. The van der Waals surface area contributed by atoms with Crippen LogP contribution in [0.25, 0.3) is 0 Å². The van der Waals surface area contributed by atoms with Crippen molar-refractivity contribution in [1.82, 2.24) is 9.97 Å². The summed E-state index contributed by atoms with van der Waals surface area (Å²) in [4.78, 5) is 34.7. The Balaban J connectivity index is 0.000000231. The van der Waals surface area contributed by atoms with Crippen LogP contribution in [0, 0.1) is 0 Å². The molecule has 0 radical (unpaired) electrons. The zero-order valence-corrected chi connectivity index (χ0v) is 36.5. The van der Waals surface area contributed by atoms with E-state index in [0.717, 1.165) is 35.4 Å². The Hall–Kier alpha value is -6.23. The first kappa shape index (κ1) is 45.8. The van der Waals surface area contributed by atoms with Crippen molar-refractivity contribution in [3.05, 3.63) is 183 Å². The number of aryl methyl sites for hydroxylation is 4. The summed E-state index contributed by atoms with van der Waals surface area (Å²) in [5.74, 6) is 5.67. The van der Waals surface area contributed by atoms with Gasteiger partial charge in [-0.1, -0.05) is 133 Å². The molecule has 0 aliphatic carbocycles. The van der Waals surface area contributed by atoms with Crippen molar-refractivity contribution in [3.8, 4) is 11.5 Å². The Morgan fingerprint density at radius 1 is 0.541 bits per heavy atom. The summed E-state index contributed by atoms with van der Waals surface area (Å²) in [6, 6.07) is 43.4. The monoisotopic (exact) mass is 842 g/mol. The van der Waals surface area contributed by atoms with Gasteiger partial charge in [0.2, 0.25) is 0 Å². The molecule has 3 N–H and O–H groups in total. The van der Waals surface area contributed by atoms with Gasteiger partial charge in [0.25, 0.3) is 0 Å². The van der Waals surface area contributed by atoms with Gasteiger partial charge in [0.15, 0.2) is 5.82 Å². The lowest BCUT2D eigenvalue weighted by molar-refractivity contribution is 0.00526. The fourth-order valence-electron chi connectivity index (χ4n) is 6.04. The number of hydrogen-bond acceptors (Lipinski definition) is 10. The molecule has 11 heteroatoms. The van der Waals surface area contributed by atoms with E-state index in [-0.39, 0.29) is 22.1 Å². The number of anilines is 1. The van der Waals surface area contributed by atoms with Gasteiger partial charge in [0.1, 0.15) is 52.2 Å². The maximum atomic E-state index is 12.9. The van der Waals surface area contributed by atoms with Crippen molar-refractivity contribution < 1.29 is 28.5 Å². The van der Waals surface area contributed by atoms with Crippen LogP contribution in [0.3, 0.4) is 0 Å². The zero-order valence-electron chi connectivity index (χ0n) is 35.7. The fourth-order valence-corrected chi connectivity index (χ4v) is 6.32. The van der Waals surface area contributed by atoms with E-state index in [2.05, 4.69) is 39.7 Å². The van der Waals surface area contributed by atoms with E-state index in [1.165, 1.54) is 11.1 Å². The Morgan fingerprint density at radius 3 is 1.30 bits per heavy atom. The highest BCUT2D eigenvalue weighted by Crippen LogP contribution is 2.31. The van der Waals surface area contributed by atoms with Gasteiger partial charge in [0.05, 0.1) is 0 Å². The molecule has 10 nitrogen and oxygen atoms in total. The number of nitrogens with one attached hydrogen (secondary N) is 1. The highest BCUT2D eigenvalue weighted by Gasteiger charge is 2.27. The molecule has 0 atom stereocenters. The molecule has 0 spiro atoms. The minimum Gasteiger partial charge on any atom is -0.488 e. The lowest BCUT2D eigenvalue weighted by Crippen LogP contribution is -2.26. The number of halogens is 1. The van der Waals surface area contributed by atoms with Crippen LogP contribution < -0.4 is 20.7 Å². The molecule has 0 saturated heterocycles. The molecule has 0 aliphatic heterocycles. The van der Waals surface area contributed by atoms with Crippen molar-refractivity contribution in [2.24, 2.45) is 5.84 Å². The van der Waals surface area contributed by atoms with Crippen LogP contribution in [0.4, 0.5) is 5.82 Å². The third-order valence-electron chi connectivity index (χ3n) is 8.87. The van der Waals surface area contributed by atoms with Gasteiger partial charge in [0, 0.05) is 23.5 Å². The molecule has 6 rings (SSSR count). The number of aromatic nitrogens is 2. The molecule has 318 valence electrons. The number of benzene rings is 4. The minimum atomic E-state index is -0.661. The topological polar surface area (TPSA) is 135 Å². The number of ether oxygens (including phenoxy) is 4. The quantitative estimate of drug-likeness (QED) is 0.0445. The summed E-state index contributed by atoms with van der Waals surface area (Å²) in [5, 5.41) is 0.0953. The Morgan fingerprint density at radius 2 is 0.902 bits per heavy atom. The summed E-state index contributed by atoms with van der Waals surface area (Å²) in [6.45, 7) is 11.5. The number of carbonyl (C=O) groups excluding carboxylic acids is 2. The molecule has 0 fully saturated rings. The van der Waals surface area contributed by atoms with Crippen molar-refractivity contribution in [2.45, 2.75) is 91.6 Å². The predicted octanol–water partition coefficient (Wildman–Crippen LogP) is 10.7.